The minimum atomic E-state index is -1.33. The lowest BCUT2D eigenvalue weighted by molar-refractivity contribution is 0.672. The van der Waals surface area contributed by atoms with Crippen molar-refractivity contribution in [2.45, 2.75) is 95.9 Å². The molecule has 3 heteroatoms. The zero-order chi connectivity index (χ0) is 14.4. The van der Waals surface area contributed by atoms with E-state index in [1.54, 1.807) is 0 Å². The Bertz CT molecular complexity index is 196. The van der Waals surface area contributed by atoms with Gasteiger partial charge in [-0.1, -0.05) is 84.7 Å². The predicted octanol–water partition coefficient (Wildman–Crippen LogP) is 5.19. The highest BCUT2D eigenvalue weighted by Crippen LogP contribution is 2.44. The highest BCUT2D eigenvalue weighted by molar-refractivity contribution is 7.01. The fourth-order valence-electron chi connectivity index (χ4n) is 4.71. The molecule has 0 fully saturated rings. The van der Waals surface area contributed by atoms with Crippen molar-refractivity contribution in [3.05, 3.63) is 0 Å². The average Bonchev–Trinajstić information content (AvgIpc) is 2.43. The van der Waals surface area contributed by atoms with Crippen molar-refractivity contribution < 1.29 is 0 Å². The maximum atomic E-state index is 7.24. The van der Waals surface area contributed by atoms with E-state index < -0.39 is 16.1 Å². The van der Waals surface area contributed by atoms with Gasteiger partial charge in [-0.25, -0.2) is 0 Å². The van der Waals surface area contributed by atoms with E-state index in [4.69, 9.17) is 5.73 Å². The van der Waals surface area contributed by atoms with Gasteiger partial charge in [-0.3, -0.25) is 0 Å². The van der Waals surface area contributed by atoms with E-state index >= 15 is 0 Å². The van der Waals surface area contributed by atoms with E-state index in [1.807, 2.05) is 0 Å². The Kier molecular flexibility index (Phi) is 7.41. The van der Waals surface area contributed by atoms with Crippen LogP contribution in [0, 0.1) is 0 Å². The van der Waals surface area contributed by atoms with E-state index in [9.17, 15) is 0 Å². The molecule has 0 saturated carbocycles. The molecule has 0 aromatic heterocycles. The van der Waals surface area contributed by atoms with Gasteiger partial charge in [-0.05, 0) is 6.42 Å². The molecule has 0 radical (unpaired) electrons. The van der Waals surface area contributed by atoms with Crippen molar-refractivity contribution in [2.24, 2.45) is 5.73 Å². The zero-order valence-corrected chi connectivity index (χ0v) is 16.0. The smallest absolute Gasteiger partial charge is 0.0718 e. The Morgan fingerprint density at radius 2 is 0.833 bits per heavy atom. The predicted molar refractivity (Wildman–Crippen MR) is 91.6 cm³/mol. The van der Waals surface area contributed by atoms with Crippen LogP contribution in [0.15, 0.2) is 0 Å². The fraction of sp³-hybridized carbons (Fsp3) is 1.00. The van der Waals surface area contributed by atoms with Crippen LogP contribution < -0.4 is 5.73 Å². The summed E-state index contributed by atoms with van der Waals surface area (Å²) in [5, 5.41) is 0. The van der Waals surface area contributed by atoms with E-state index in [1.165, 1.54) is 42.7 Å². The lowest BCUT2D eigenvalue weighted by atomic mass is 10.5. The third kappa shape index (κ3) is 2.50. The molecule has 0 spiro atoms. The Balaban J connectivity index is 5.84. The molecule has 0 aliphatic rings. The van der Waals surface area contributed by atoms with E-state index in [0.29, 0.717) is 0 Å². The first-order valence-electron chi connectivity index (χ1n) is 8.21. The summed E-state index contributed by atoms with van der Waals surface area (Å²) in [4.78, 5) is 0.247. The van der Waals surface area contributed by atoms with Crippen LogP contribution in [0.2, 0.25) is 36.3 Å². The summed E-state index contributed by atoms with van der Waals surface area (Å²) in [6.45, 7) is 16.8. The number of rotatable bonds is 9. The van der Waals surface area contributed by atoms with Gasteiger partial charge < -0.3 is 5.73 Å². The van der Waals surface area contributed by atoms with Crippen LogP contribution in [0.1, 0.15) is 54.9 Å². The molecule has 0 unspecified atom stereocenters. The molecule has 0 bridgehead atoms. The summed E-state index contributed by atoms with van der Waals surface area (Å²) in [6, 6.07) is 8.24. The van der Waals surface area contributed by atoms with Crippen molar-refractivity contribution in [2.75, 3.05) is 0 Å². The quantitative estimate of drug-likeness (QED) is 0.580. The zero-order valence-electron chi connectivity index (χ0n) is 14.0. The molecule has 0 heterocycles. The van der Waals surface area contributed by atoms with Crippen LogP contribution in [-0.4, -0.2) is 20.9 Å². The molecule has 0 rings (SSSR count). The molecule has 0 atom stereocenters. The van der Waals surface area contributed by atoms with Crippen LogP contribution in [0.5, 0.6) is 0 Å². The number of nitrogens with two attached hydrogens (primary N) is 1. The standard InChI is InChI=1S/C15H37NSi2/c1-8-15(16,17(9-2,10-3)11-4)18(12-5,13-6)14-7/h8-14,16H2,1-7H3. The number of hydrogen-bond donors (Lipinski definition) is 1. The topological polar surface area (TPSA) is 26.0 Å². The van der Waals surface area contributed by atoms with Gasteiger partial charge in [0.05, 0.1) is 16.1 Å². The summed E-state index contributed by atoms with van der Waals surface area (Å²) < 4.78 is 0. The second kappa shape index (κ2) is 7.25. The Labute approximate surface area is 118 Å². The third-order valence-electron chi connectivity index (χ3n) is 6.51. The summed E-state index contributed by atoms with van der Waals surface area (Å²) in [5.74, 6) is 0. The van der Waals surface area contributed by atoms with E-state index in [2.05, 4.69) is 48.5 Å². The van der Waals surface area contributed by atoms with Gasteiger partial charge >= 0.3 is 0 Å². The van der Waals surface area contributed by atoms with Crippen LogP contribution in [0.4, 0.5) is 0 Å². The van der Waals surface area contributed by atoms with Gasteiger partial charge in [-0.2, -0.15) is 0 Å². The molecule has 1 nitrogen and oxygen atoms in total. The van der Waals surface area contributed by atoms with Gasteiger partial charge in [0.25, 0.3) is 0 Å². The van der Waals surface area contributed by atoms with E-state index in [0.717, 1.165) is 0 Å². The monoisotopic (exact) mass is 287 g/mol. The summed E-state index contributed by atoms with van der Waals surface area (Å²) in [5.41, 5.74) is 7.24. The first kappa shape index (κ1) is 18.4. The van der Waals surface area contributed by atoms with Crippen molar-refractivity contribution in [1.82, 2.24) is 0 Å². The van der Waals surface area contributed by atoms with Crippen LogP contribution in [-0.2, 0) is 0 Å². The van der Waals surface area contributed by atoms with Crippen LogP contribution in [0.25, 0.3) is 0 Å². The molecule has 0 saturated heterocycles. The molecule has 0 amide bonds. The molecule has 0 aliphatic heterocycles. The van der Waals surface area contributed by atoms with Gasteiger partial charge in [0.1, 0.15) is 0 Å². The van der Waals surface area contributed by atoms with Crippen molar-refractivity contribution >= 4 is 16.1 Å². The summed E-state index contributed by atoms with van der Waals surface area (Å²) >= 11 is 0. The highest BCUT2D eigenvalue weighted by atomic mass is 28.4. The maximum Gasteiger partial charge on any atom is 0.0718 e. The van der Waals surface area contributed by atoms with Gasteiger partial charge in [0.15, 0.2) is 0 Å². The average molecular weight is 288 g/mol. The van der Waals surface area contributed by atoms with E-state index in [-0.39, 0.29) is 4.79 Å². The molecule has 2 N–H and O–H groups in total. The third-order valence-corrected chi connectivity index (χ3v) is 22.3. The van der Waals surface area contributed by atoms with Gasteiger partial charge in [-0.15, -0.1) is 0 Å². The number of hydrogen-bond acceptors (Lipinski definition) is 1. The molecule has 18 heavy (non-hydrogen) atoms. The summed E-state index contributed by atoms with van der Waals surface area (Å²) in [7, 11) is -2.66. The Hall–Kier alpha value is 0.394. The fourth-order valence-corrected chi connectivity index (χ4v) is 20.7. The Morgan fingerprint density at radius 1 is 0.611 bits per heavy atom. The molecular formula is C15H37NSi2. The lowest BCUT2D eigenvalue weighted by Crippen LogP contribution is -2.77. The highest BCUT2D eigenvalue weighted by Gasteiger charge is 2.56. The molecular weight excluding hydrogens is 250 g/mol. The minimum absolute atomic E-state index is 0.247. The van der Waals surface area contributed by atoms with Gasteiger partial charge in [0.2, 0.25) is 0 Å². The lowest BCUT2D eigenvalue weighted by Gasteiger charge is -2.56. The van der Waals surface area contributed by atoms with Crippen LogP contribution in [0.3, 0.4) is 0 Å². The first-order chi connectivity index (χ1) is 8.42. The van der Waals surface area contributed by atoms with Crippen molar-refractivity contribution in [3.63, 3.8) is 0 Å². The van der Waals surface area contributed by atoms with Crippen molar-refractivity contribution in [1.29, 1.82) is 0 Å². The first-order valence-corrected chi connectivity index (χ1v) is 13.5. The second-order valence-corrected chi connectivity index (χ2v) is 17.7. The molecule has 110 valence electrons. The SMILES string of the molecule is CCC(N)([Si](CC)(CC)CC)[Si](CC)(CC)CC. The molecule has 0 aliphatic carbocycles. The summed E-state index contributed by atoms with van der Waals surface area (Å²) in [6.07, 6.45) is 1.22. The molecule has 0 aromatic carbocycles. The van der Waals surface area contributed by atoms with Crippen LogP contribution >= 0.6 is 0 Å². The second-order valence-electron chi connectivity index (χ2n) is 6.01. The van der Waals surface area contributed by atoms with Gasteiger partial charge in [0, 0.05) is 4.79 Å². The normalized spacial score (nSPS) is 14.0. The maximum absolute atomic E-state index is 7.24. The van der Waals surface area contributed by atoms with Crippen molar-refractivity contribution in [3.8, 4) is 0 Å². The Morgan fingerprint density at radius 3 is 0.944 bits per heavy atom. The molecule has 0 aromatic rings. The largest absolute Gasteiger partial charge is 0.330 e. The minimum Gasteiger partial charge on any atom is -0.330 e.